The third-order valence-corrected chi connectivity index (χ3v) is 4.48. The van der Waals surface area contributed by atoms with Crippen molar-refractivity contribution in [1.82, 2.24) is 4.98 Å². The van der Waals surface area contributed by atoms with Crippen LogP contribution in [0.2, 0.25) is 0 Å². The van der Waals surface area contributed by atoms with Crippen molar-refractivity contribution in [2.75, 3.05) is 20.8 Å². The topological polar surface area (TPSA) is 48.4 Å². The standard InChI is InChI=1S/C23H23NO3/c1-26-13-3-4-18-14-22(19-7-5-17(16-25)6-8-19)23(24-15-18)20-9-11-21(27-2)12-10-20/h5-12,14-16H,3-4,13H2,1-2H3. The van der Waals surface area contributed by atoms with E-state index in [9.17, 15) is 4.79 Å². The van der Waals surface area contributed by atoms with Crippen LogP contribution in [0.3, 0.4) is 0 Å². The van der Waals surface area contributed by atoms with E-state index in [4.69, 9.17) is 14.5 Å². The Morgan fingerprint density at radius 2 is 1.67 bits per heavy atom. The molecular formula is C23H23NO3. The van der Waals surface area contributed by atoms with Gasteiger partial charge in [0.2, 0.25) is 0 Å². The molecule has 0 amide bonds. The number of benzene rings is 2. The zero-order chi connectivity index (χ0) is 19.1. The van der Waals surface area contributed by atoms with E-state index < -0.39 is 0 Å². The second-order valence-electron chi connectivity index (χ2n) is 6.30. The molecule has 3 aromatic rings. The summed E-state index contributed by atoms with van der Waals surface area (Å²) in [4.78, 5) is 15.7. The first-order valence-corrected chi connectivity index (χ1v) is 8.93. The smallest absolute Gasteiger partial charge is 0.150 e. The molecule has 3 rings (SSSR count). The van der Waals surface area contributed by atoms with Crippen molar-refractivity contribution in [2.24, 2.45) is 0 Å². The van der Waals surface area contributed by atoms with E-state index in [2.05, 4.69) is 6.07 Å². The van der Waals surface area contributed by atoms with Gasteiger partial charge in [-0.3, -0.25) is 9.78 Å². The number of rotatable bonds is 8. The summed E-state index contributed by atoms with van der Waals surface area (Å²) < 4.78 is 10.4. The van der Waals surface area contributed by atoms with Gasteiger partial charge in [0.05, 0.1) is 12.8 Å². The zero-order valence-corrected chi connectivity index (χ0v) is 15.6. The number of hydrogen-bond donors (Lipinski definition) is 0. The number of carbonyl (C=O) groups is 1. The molecule has 0 radical (unpaired) electrons. The molecule has 0 N–H and O–H groups in total. The molecule has 0 saturated carbocycles. The van der Waals surface area contributed by atoms with Gasteiger partial charge < -0.3 is 9.47 Å². The average Bonchev–Trinajstić information content (AvgIpc) is 2.74. The molecule has 0 aliphatic rings. The summed E-state index contributed by atoms with van der Waals surface area (Å²) in [6, 6.07) is 17.7. The first-order chi connectivity index (χ1) is 13.2. The molecule has 4 heteroatoms. The summed E-state index contributed by atoms with van der Waals surface area (Å²) in [7, 11) is 3.37. The molecule has 0 unspecified atom stereocenters. The average molecular weight is 361 g/mol. The second-order valence-corrected chi connectivity index (χ2v) is 6.30. The van der Waals surface area contributed by atoms with Crippen molar-refractivity contribution < 1.29 is 14.3 Å². The van der Waals surface area contributed by atoms with Crippen LogP contribution >= 0.6 is 0 Å². The van der Waals surface area contributed by atoms with Gasteiger partial charge in [0.15, 0.2) is 0 Å². The number of aryl methyl sites for hydroxylation is 1. The number of aldehydes is 1. The molecule has 27 heavy (non-hydrogen) atoms. The van der Waals surface area contributed by atoms with Crippen LogP contribution in [0.4, 0.5) is 0 Å². The van der Waals surface area contributed by atoms with Crippen molar-refractivity contribution in [3.63, 3.8) is 0 Å². The molecular weight excluding hydrogens is 338 g/mol. The van der Waals surface area contributed by atoms with Crippen LogP contribution in [0.5, 0.6) is 5.75 Å². The van der Waals surface area contributed by atoms with E-state index in [1.165, 1.54) is 5.56 Å². The summed E-state index contributed by atoms with van der Waals surface area (Å²) in [5.74, 6) is 0.812. The second kappa shape index (κ2) is 9.10. The van der Waals surface area contributed by atoms with Crippen LogP contribution < -0.4 is 4.74 Å². The zero-order valence-electron chi connectivity index (χ0n) is 15.6. The predicted octanol–water partition coefficient (Wildman–Crippen LogP) is 4.82. The van der Waals surface area contributed by atoms with Gasteiger partial charge in [-0.15, -0.1) is 0 Å². The number of aromatic nitrogens is 1. The Morgan fingerprint density at radius 3 is 2.30 bits per heavy atom. The lowest BCUT2D eigenvalue weighted by Gasteiger charge is -2.12. The third kappa shape index (κ3) is 4.60. The Kier molecular flexibility index (Phi) is 6.34. The minimum absolute atomic E-state index is 0.661. The molecule has 0 fully saturated rings. The van der Waals surface area contributed by atoms with Gasteiger partial charge in [-0.2, -0.15) is 0 Å². The summed E-state index contributed by atoms with van der Waals surface area (Å²) in [5, 5.41) is 0. The Hall–Kier alpha value is -2.98. The van der Waals surface area contributed by atoms with Crippen molar-refractivity contribution in [1.29, 1.82) is 0 Å². The molecule has 2 aromatic carbocycles. The SMILES string of the molecule is COCCCc1cnc(-c2ccc(OC)cc2)c(-c2ccc(C=O)cc2)c1. The van der Waals surface area contributed by atoms with Gasteiger partial charge in [0.1, 0.15) is 12.0 Å². The fourth-order valence-corrected chi connectivity index (χ4v) is 3.01. The van der Waals surface area contributed by atoms with E-state index in [1.54, 1.807) is 14.2 Å². The van der Waals surface area contributed by atoms with Gasteiger partial charge in [0.25, 0.3) is 0 Å². The van der Waals surface area contributed by atoms with Crippen molar-refractivity contribution in [3.05, 3.63) is 71.9 Å². The largest absolute Gasteiger partial charge is 0.497 e. The Bertz CT molecular complexity index is 887. The van der Waals surface area contributed by atoms with E-state index in [-0.39, 0.29) is 0 Å². The molecule has 0 atom stereocenters. The first-order valence-electron chi connectivity index (χ1n) is 8.93. The summed E-state index contributed by atoms with van der Waals surface area (Å²) >= 11 is 0. The Morgan fingerprint density at radius 1 is 0.963 bits per heavy atom. The molecule has 0 aliphatic carbocycles. The van der Waals surface area contributed by atoms with Crippen molar-refractivity contribution in [2.45, 2.75) is 12.8 Å². The third-order valence-electron chi connectivity index (χ3n) is 4.48. The van der Waals surface area contributed by atoms with Crippen LogP contribution in [-0.2, 0) is 11.2 Å². The highest BCUT2D eigenvalue weighted by atomic mass is 16.5. The van der Waals surface area contributed by atoms with E-state index in [0.717, 1.165) is 53.9 Å². The highest BCUT2D eigenvalue weighted by Crippen LogP contribution is 2.32. The maximum atomic E-state index is 11.0. The number of ether oxygens (including phenoxy) is 2. The fraction of sp³-hybridized carbons (Fsp3) is 0.217. The lowest BCUT2D eigenvalue weighted by Crippen LogP contribution is -1.97. The highest BCUT2D eigenvalue weighted by Gasteiger charge is 2.11. The normalized spacial score (nSPS) is 10.6. The predicted molar refractivity (Wildman–Crippen MR) is 107 cm³/mol. The molecule has 0 saturated heterocycles. The van der Waals surface area contributed by atoms with Crippen LogP contribution in [-0.4, -0.2) is 32.1 Å². The van der Waals surface area contributed by atoms with Crippen molar-refractivity contribution in [3.8, 4) is 28.1 Å². The van der Waals surface area contributed by atoms with Gasteiger partial charge in [-0.25, -0.2) is 0 Å². The molecule has 1 heterocycles. The van der Waals surface area contributed by atoms with Gasteiger partial charge in [-0.05, 0) is 54.3 Å². The lowest BCUT2D eigenvalue weighted by atomic mass is 9.96. The minimum Gasteiger partial charge on any atom is -0.497 e. The van der Waals surface area contributed by atoms with E-state index >= 15 is 0 Å². The monoisotopic (exact) mass is 361 g/mol. The summed E-state index contributed by atoms with van der Waals surface area (Å²) in [6.07, 6.45) is 4.64. The van der Waals surface area contributed by atoms with Crippen LogP contribution in [0.1, 0.15) is 22.3 Å². The lowest BCUT2D eigenvalue weighted by molar-refractivity contribution is 0.112. The van der Waals surface area contributed by atoms with Crippen molar-refractivity contribution >= 4 is 6.29 Å². The summed E-state index contributed by atoms with van der Waals surface area (Å²) in [5.41, 5.74) is 5.84. The molecule has 1 aromatic heterocycles. The molecule has 0 spiro atoms. The molecule has 0 bridgehead atoms. The quantitative estimate of drug-likeness (QED) is 0.426. The Labute approximate surface area is 159 Å². The number of carbonyl (C=O) groups excluding carboxylic acids is 1. The minimum atomic E-state index is 0.661. The summed E-state index contributed by atoms with van der Waals surface area (Å²) in [6.45, 7) is 0.726. The van der Waals surface area contributed by atoms with E-state index in [0.29, 0.717) is 5.56 Å². The van der Waals surface area contributed by atoms with Gasteiger partial charge in [0, 0.05) is 36.6 Å². The number of nitrogens with zero attached hydrogens (tertiary/aromatic N) is 1. The maximum Gasteiger partial charge on any atom is 0.150 e. The fourth-order valence-electron chi connectivity index (χ4n) is 3.01. The van der Waals surface area contributed by atoms with Crippen LogP contribution in [0.15, 0.2) is 60.8 Å². The number of pyridine rings is 1. The van der Waals surface area contributed by atoms with Crippen LogP contribution in [0.25, 0.3) is 22.4 Å². The van der Waals surface area contributed by atoms with E-state index in [1.807, 2.05) is 54.7 Å². The number of hydrogen-bond acceptors (Lipinski definition) is 4. The molecule has 4 nitrogen and oxygen atoms in total. The van der Waals surface area contributed by atoms with Crippen LogP contribution in [0, 0.1) is 0 Å². The maximum absolute atomic E-state index is 11.0. The first kappa shape index (κ1) is 18.8. The van der Waals surface area contributed by atoms with Gasteiger partial charge in [-0.1, -0.05) is 24.3 Å². The molecule has 138 valence electrons. The highest BCUT2D eigenvalue weighted by molar-refractivity contribution is 5.83. The molecule has 0 aliphatic heterocycles. The Balaban J connectivity index is 2.03. The van der Waals surface area contributed by atoms with Gasteiger partial charge >= 0.3 is 0 Å². The number of methoxy groups -OCH3 is 2.